The minimum atomic E-state index is -1.25. The lowest BCUT2D eigenvalue weighted by molar-refractivity contribution is -0.142. The van der Waals surface area contributed by atoms with Crippen molar-refractivity contribution in [2.24, 2.45) is 0 Å². The van der Waals surface area contributed by atoms with Gasteiger partial charge in [-0.25, -0.2) is 4.79 Å². The van der Waals surface area contributed by atoms with E-state index < -0.39 is 28.7 Å². The molecule has 2 rings (SSSR count). The highest BCUT2D eigenvalue weighted by Crippen LogP contribution is 2.09. The molecule has 1 aromatic carbocycles. The van der Waals surface area contributed by atoms with E-state index in [0.717, 1.165) is 0 Å². The third kappa shape index (κ3) is 4.99. The number of aromatic nitrogens is 1. The van der Waals surface area contributed by atoms with E-state index in [4.69, 9.17) is 4.74 Å². The first-order valence-electron chi connectivity index (χ1n) is 7.34. The summed E-state index contributed by atoms with van der Waals surface area (Å²) in [5.41, 5.74) is 0.392. The third-order valence-electron chi connectivity index (χ3n) is 3.33. The van der Waals surface area contributed by atoms with Crippen LogP contribution in [0.15, 0.2) is 59.8 Å². The van der Waals surface area contributed by atoms with Crippen LogP contribution in [0, 0.1) is 0 Å². The van der Waals surface area contributed by atoms with Crippen LogP contribution in [0.2, 0.25) is 0 Å². The Bertz CT molecular complexity index is 707. The van der Waals surface area contributed by atoms with E-state index >= 15 is 0 Å². The van der Waals surface area contributed by atoms with E-state index in [-0.39, 0.29) is 12.2 Å². The fourth-order valence-corrected chi connectivity index (χ4v) is 3.20. The second kappa shape index (κ2) is 8.93. The predicted molar refractivity (Wildman–Crippen MR) is 89.8 cm³/mol. The monoisotopic (exact) mass is 346 g/mol. The van der Waals surface area contributed by atoms with Crippen LogP contribution in [0.5, 0.6) is 0 Å². The Kier molecular flexibility index (Phi) is 6.62. The molecule has 1 amide bonds. The fourth-order valence-electron chi connectivity index (χ4n) is 2.05. The zero-order chi connectivity index (χ0) is 17.4. The van der Waals surface area contributed by atoms with Crippen molar-refractivity contribution in [2.45, 2.75) is 17.4 Å². The molecule has 126 valence electrons. The molecular formula is C17H18N2O4S. The molecule has 0 bridgehead atoms. The first kappa shape index (κ1) is 17.8. The van der Waals surface area contributed by atoms with E-state index in [2.05, 4.69) is 10.3 Å². The molecule has 2 atom stereocenters. The number of nitrogens with one attached hydrogen (secondary N) is 1. The number of benzene rings is 1. The number of carbonyl (C=O) groups is 2. The molecule has 0 saturated carbocycles. The van der Waals surface area contributed by atoms with Gasteiger partial charge in [-0.2, -0.15) is 0 Å². The van der Waals surface area contributed by atoms with Crippen LogP contribution >= 0.6 is 0 Å². The second-order valence-electron chi connectivity index (χ2n) is 4.94. The topological polar surface area (TPSA) is 85.4 Å². The molecule has 7 heteroatoms. The SMILES string of the molecule is COC(=O)[C@H](CC[S@](=O)c1ccccc1)NC(=O)c1ccncc1. The normalized spacial score (nSPS) is 12.9. The molecule has 1 aromatic heterocycles. The minimum Gasteiger partial charge on any atom is -0.467 e. The van der Waals surface area contributed by atoms with Gasteiger partial charge in [0.1, 0.15) is 6.04 Å². The quantitative estimate of drug-likeness (QED) is 0.769. The Labute approximate surface area is 142 Å². The van der Waals surface area contributed by atoms with Crippen molar-refractivity contribution in [1.29, 1.82) is 0 Å². The molecule has 1 heterocycles. The molecule has 0 aliphatic heterocycles. The van der Waals surface area contributed by atoms with Crippen molar-refractivity contribution >= 4 is 22.7 Å². The van der Waals surface area contributed by atoms with Gasteiger partial charge in [-0.15, -0.1) is 0 Å². The number of rotatable bonds is 7. The number of pyridine rings is 1. The maximum Gasteiger partial charge on any atom is 0.328 e. The molecule has 1 N–H and O–H groups in total. The number of ether oxygens (including phenoxy) is 1. The van der Waals surface area contributed by atoms with E-state index in [1.807, 2.05) is 6.07 Å². The van der Waals surface area contributed by atoms with Gasteiger partial charge in [0, 0.05) is 28.6 Å². The van der Waals surface area contributed by atoms with Gasteiger partial charge in [-0.05, 0) is 30.7 Å². The van der Waals surface area contributed by atoms with E-state index in [1.165, 1.54) is 19.5 Å². The summed E-state index contributed by atoms with van der Waals surface area (Å²) in [4.78, 5) is 28.6. The molecule has 2 aromatic rings. The third-order valence-corrected chi connectivity index (χ3v) is 4.74. The van der Waals surface area contributed by atoms with Crippen LogP contribution in [-0.2, 0) is 20.3 Å². The van der Waals surface area contributed by atoms with E-state index in [0.29, 0.717) is 10.5 Å². The number of methoxy groups -OCH3 is 1. The van der Waals surface area contributed by atoms with Gasteiger partial charge in [0.2, 0.25) is 0 Å². The average molecular weight is 346 g/mol. The lowest BCUT2D eigenvalue weighted by atomic mass is 10.2. The smallest absolute Gasteiger partial charge is 0.328 e. The Hall–Kier alpha value is -2.54. The van der Waals surface area contributed by atoms with Gasteiger partial charge in [0.05, 0.1) is 17.9 Å². The number of carbonyl (C=O) groups excluding carboxylic acids is 2. The highest BCUT2D eigenvalue weighted by Gasteiger charge is 2.23. The zero-order valence-electron chi connectivity index (χ0n) is 13.2. The number of amides is 1. The maximum atomic E-state index is 12.3. The van der Waals surface area contributed by atoms with Gasteiger partial charge in [-0.3, -0.25) is 14.0 Å². The molecule has 6 nitrogen and oxygen atoms in total. The summed E-state index contributed by atoms with van der Waals surface area (Å²) in [7, 11) is 0.00117. The Morgan fingerprint density at radius 3 is 2.46 bits per heavy atom. The maximum absolute atomic E-state index is 12.3. The molecule has 0 fully saturated rings. The lowest BCUT2D eigenvalue weighted by Crippen LogP contribution is -2.42. The first-order valence-corrected chi connectivity index (χ1v) is 8.66. The Balaban J connectivity index is 2.00. The molecule has 0 unspecified atom stereocenters. The van der Waals surface area contributed by atoms with Crippen LogP contribution in [0.4, 0.5) is 0 Å². The van der Waals surface area contributed by atoms with Gasteiger partial charge in [0.25, 0.3) is 5.91 Å². The van der Waals surface area contributed by atoms with Crippen molar-refractivity contribution in [3.05, 3.63) is 60.4 Å². The summed E-state index contributed by atoms with van der Waals surface area (Å²) in [6.07, 6.45) is 3.20. The first-order chi connectivity index (χ1) is 11.6. The van der Waals surface area contributed by atoms with E-state index in [1.54, 1.807) is 36.4 Å². The molecule has 0 saturated heterocycles. The van der Waals surface area contributed by atoms with Crippen molar-refractivity contribution in [1.82, 2.24) is 10.3 Å². The van der Waals surface area contributed by atoms with Crippen LogP contribution in [0.25, 0.3) is 0 Å². The van der Waals surface area contributed by atoms with Gasteiger partial charge in [-0.1, -0.05) is 18.2 Å². The lowest BCUT2D eigenvalue weighted by Gasteiger charge is -2.16. The summed E-state index contributed by atoms with van der Waals surface area (Å²) >= 11 is 0. The molecule has 0 aliphatic carbocycles. The number of nitrogens with zero attached hydrogens (tertiary/aromatic N) is 1. The summed E-state index contributed by atoms with van der Waals surface area (Å²) in [6, 6.07) is 11.2. The van der Waals surface area contributed by atoms with Gasteiger partial charge < -0.3 is 10.1 Å². The predicted octanol–water partition coefficient (Wildman–Crippen LogP) is 1.55. The van der Waals surface area contributed by atoms with Crippen LogP contribution < -0.4 is 5.32 Å². The number of hydrogen-bond donors (Lipinski definition) is 1. The highest BCUT2D eigenvalue weighted by atomic mass is 32.2. The van der Waals surface area contributed by atoms with Crippen molar-refractivity contribution in [3.8, 4) is 0 Å². The van der Waals surface area contributed by atoms with Crippen molar-refractivity contribution < 1.29 is 18.5 Å². The Morgan fingerprint density at radius 2 is 1.83 bits per heavy atom. The fraction of sp³-hybridized carbons (Fsp3) is 0.235. The van der Waals surface area contributed by atoms with Crippen LogP contribution in [0.3, 0.4) is 0 Å². The Morgan fingerprint density at radius 1 is 1.17 bits per heavy atom. The number of esters is 1. The van der Waals surface area contributed by atoms with Crippen LogP contribution in [-0.4, -0.2) is 40.0 Å². The zero-order valence-corrected chi connectivity index (χ0v) is 14.0. The van der Waals surface area contributed by atoms with Gasteiger partial charge >= 0.3 is 5.97 Å². The molecule has 24 heavy (non-hydrogen) atoms. The molecule has 0 radical (unpaired) electrons. The number of hydrogen-bond acceptors (Lipinski definition) is 5. The molecular weight excluding hydrogens is 328 g/mol. The summed E-state index contributed by atoms with van der Waals surface area (Å²) < 4.78 is 17.0. The second-order valence-corrected chi connectivity index (χ2v) is 6.51. The standard InChI is InChI=1S/C17H18N2O4S/c1-23-17(21)15(19-16(20)13-7-10-18-11-8-13)9-12-24(22)14-5-3-2-4-6-14/h2-8,10-11,15H,9,12H2,1H3,(H,19,20)/t15-,24-/m0/s1. The van der Waals surface area contributed by atoms with Gasteiger partial charge in [0.15, 0.2) is 0 Å². The van der Waals surface area contributed by atoms with Crippen molar-refractivity contribution in [3.63, 3.8) is 0 Å². The van der Waals surface area contributed by atoms with Crippen LogP contribution in [0.1, 0.15) is 16.8 Å². The minimum absolute atomic E-state index is 0.213. The average Bonchev–Trinajstić information content (AvgIpc) is 2.65. The summed E-state index contributed by atoms with van der Waals surface area (Å²) in [5.74, 6) is -0.735. The highest BCUT2D eigenvalue weighted by molar-refractivity contribution is 7.85. The van der Waals surface area contributed by atoms with E-state index in [9.17, 15) is 13.8 Å². The molecule has 0 spiro atoms. The molecule has 0 aliphatic rings. The van der Waals surface area contributed by atoms with Crippen molar-refractivity contribution in [2.75, 3.05) is 12.9 Å². The largest absolute Gasteiger partial charge is 0.467 e. The summed E-state index contributed by atoms with van der Waals surface area (Å²) in [6.45, 7) is 0. The summed E-state index contributed by atoms with van der Waals surface area (Å²) in [5, 5.41) is 2.62.